The standard InChI is InChI=1S/C18H37B/c1-2-3-4-5-6-7-8-9-10-11-12-13-14-15-16-17-18-19/h9-10H,2-8,11-19H2,1H3/b10-9-. The van der Waals surface area contributed by atoms with Crippen molar-refractivity contribution in [2.24, 2.45) is 0 Å². The number of hydrogen-bond donors (Lipinski definition) is 0. The first-order chi connectivity index (χ1) is 9.41. The monoisotopic (exact) mass is 264 g/mol. The van der Waals surface area contributed by atoms with Crippen LogP contribution in [0.2, 0.25) is 6.32 Å². The molecule has 0 nitrogen and oxygen atoms in total. The van der Waals surface area contributed by atoms with Gasteiger partial charge in [0.2, 0.25) is 0 Å². The summed E-state index contributed by atoms with van der Waals surface area (Å²) in [4.78, 5) is 0. The molecule has 0 saturated heterocycles. The zero-order valence-electron chi connectivity index (χ0n) is 13.8. The van der Waals surface area contributed by atoms with E-state index in [4.69, 9.17) is 0 Å². The maximum atomic E-state index is 2.41. The van der Waals surface area contributed by atoms with Gasteiger partial charge in [-0.3, -0.25) is 0 Å². The first-order valence-electron chi connectivity index (χ1n) is 9.06. The second-order valence-corrected chi connectivity index (χ2v) is 5.94. The minimum atomic E-state index is 1.31. The topological polar surface area (TPSA) is 0 Å². The van der Waals surface area contributed by atoms with Gasteiger partial charge in [0.25, 0.3) is 0 Å². The van der Waals surface area contributed by atoms with Crippen LogP contribution in [0.5, 0.6) is 0 Å². The average Bonchev–Trinajstić information content (AvgIpc) is 2.43. The lowest BCUT2D eigenvalue weighted by Crippen LogP contribution is -1.80. The van der Waals surface area contributed by atoms with Crippen LogP contribution in [-0.2, 0) is 0 Å². The van der Waals surface area contributed by atoms with Crippen molar-refractivity contribution < 1.29 is 0 Å². The highest BCUT2D eigenvalue weighted by atomic mass is 14.0. The van der Waals surface area contributed by atoms with Gasteiger partial charge in [-0.25, -0.2) is 0 Å². The van der Waals surface area contributed by atoms with E-state index in [0.717, 1.165) is 0 Å². The molecule has 0 heterocycles. The van der Waals surface area contributed by atoms with E-state index in [9.17, 15) is 0 Å². The van der Waals surface area contributed by atoms with E-state index >= 15 is 0 Å². The van der Waals surface area contributed by atoms with Crippen molar-refractivity contribution in [2.45, 2.75) is 103 Å². The van der Waals surface area contributed by atoms with Crippen LogP contribution in [0, 0.1) is 0 Å². The molecule has 0 spiro atoms. The molecular weight excluding hydrogens is 227 g/mol. The molecule has 0 bridgehead atoms. The van der Waals surface area contributed by atoms with Crippen molar-refractivity contribution in [1.29, 1.82) is 0 Å². The number of rotatable bonds is 15. The van der Waals surface area contributed by atoms with Crippen molar-refractivity contribution in [2.75, 3.05) is 0 Å². The molecule has 0 aliphatic rings. The van der Waals surface area contributed by atoms with Crippen molar-refractivity contribution in [3.8, 4) is 0 Å². The quantitative estimate of drug-likeness (QED) is 0.191. The Labute approximate surface area is 123 Å². The zero-order chi connectivity index (χ0) is 14.0. The summed E-state index contributed by atoms with van der Waals surface area (Å²) in [5.41, 5.74) is 0. The smallest absolute Gasteiger partial charge is 0.0885 e. The lowest BCUT2D eigenvalue weighted by molar-refractivity contribution is 0.606. The zero-order valence-corrected chi connectivity index (χ0v) is 13.8. The van der Waals surface area contributed by atoms with Crippen molar-refractivity contribution >= 4 is 7.85 Å². The molecule has 19 heavy (non-hydrogen) atoms. The van der Waals surface area contributed by atoms with Gasteiger partial charge in [-0.05, 0) is 25.7 Å². The Morgan fingerprint density at radius 1 is 0.579 bits per heavy atom. The van der Waals surface area contributed by atoms with E-state index in [2.05, 4.69) is 26.9 Å². The normalized spacial score (nSPS) is 11.4. The summed E-state index contributed by atoms with van der Waals surface area (Å²) in [5, 5.41) is 0. The predicted octanol–water partition coefficient (Wildman–Crippen LogP) is 6.08. The van der Waals surface area contributed by atoms with Gasteiger partial charge in [0, 0.05) is 0 Å². The van der Waals surface area contributed by atoms with Gasteiger partial charge in [0.15, 0.2) is 0 Å². The molecule has 0 rings (SSSR count). The highest BCUT2D eigenvalue weighted by Gasteiger charge is 1.90. The van der Waals surface area contributed by atoms with Crippen LogP contribution in [0.4, 0.5) is 0 Å². The van der Waals surface area contributed by atoms with E-state index in [-0.39, 0.29) is 0 Å². The Morgan fingerprint density at radius 3 is 1.47 bits per heavy atom. The summed E-state index contributed by atoms with van der Waals surface area (Å²) in [6, 6.07) is 0. The molecule has 0 amide bonds. The van der Waals surface area contributed by atoms with Gasteiger partial charge in [0.05, 0.1) is 0 Å². The number of unbranched alkanes of at least 4 members (excludes halogenated alkanes) is 12. The molecule has 0 aromatic carbocycles. The number of allylic oxidation sites excluding steroid dienone is 2. The molecular formula is C18H37B. The summed E-state index contributed by atoms with van der Waals surface area (Å²) in [6.45, 7) is 2.28. The molecule has 0 N–H and O–H groups in total. The Kier molecular flexibility index (Phi) is 17.6. The number of hydrogen-bond acceptors (Lipinski definition) is 0. The molecule has 0 aliphatic heterocycles. The molecule has 0 aromatic heterocycles. The van der Waals surface area contributed by atoms with Gasteiger partial charge in [0.1, 0.15) is 7.85 Å². The third-order valence-corrected chi connectivity index (χ3v) is 3.87. The molecule has 0 saturated carbocycles. The lowest BCUT2D eigenvalue weighted by Gasteiger charge is -1.99. The minimum absolute atomic E-state index is 1.31. The van der Waals surface area contributed by atoms with Gasteiger partial charge in [-0.15, -0.1) is 0 Å². The summed E-state index contributed by atoms with van der Waals surface area (Å²) in [6.07, 6.45) is 25.9. The van der Waals surface area contributed by atoms with Crippen LogP contribution in [0.1, 0.15) is 96.8 Å². The van der Waals surface area contributed by atoms with E-state index < -0.39 is 0 Å². The Hall–Kier alpha value is -0.195. The van der Waals surface area contributed by atoms with E-state index in [1.807, 2.05) is 0 Å². The molecule has 0 fully saturated rings. The summed E-state index contributed by atoms with van der Waals surface area (Å²) in [7, 11) is 2.29. The lowest BCUT2D eigenvalue weighted by atomic mass is 9.98. The SMILES string of the molecule is BCCCCCCCC/C=C\CCCCCCCC. The molecule has 0 aliphatic carbocycles. The Morgan fingerprint density at radius 2 is 1.00 bits per heavy atom. The van der Waals surface area contributed by atoms with Crippen molar-refractivity contribution in [3.63, 3.8) is 0 Å². The summed E-state index contributed by atoms with van der Waals surface area (Å²) >= 11 is 0. The first-order valence-corrected chi connectivity index (χ1v) is 9.06. The fraction of sp³-hybridized carbons (Fsp3) is 0.889. The molecule has 112 valence electrons. The maximum absolute atomic E-state index is 2.41. The molecule has 0 unspecified atom stereocenters. The van der Waals surface area contributed by atoms with Gasteiger partial charge >= 0.3 is 0 Å². The van der Waals surface area contributed by atoms with Crippen LogP contribution in [-0.4, -0.2) is 7.85 Å². The fourth-order valence-corrected chi connectivity index (χ4v) is 2.50. The second-order valence-electron chi connectivity index (χ2n) is 5.94. The van der Waals surface area contributed by atoms with Crippen LogP contribution in [0.25, 0.3) is 0 Å². The molecule has 1 heteroatoms. The van der Waals surface area contributed by atoms with Crippen molar-refractivity contribution in [1.82, 2.24) is 0 Å². The largest absolute Gasteiger partial charge is 0.101 e. The summed E-state index contributed by atoms with van der Waals surface area (Å²) < 4.78 is 0. The third-order valence-electron chi connectivity index (χ3n) is 3.87. The second kappa shape index (κ2) is 17.8. The van der Waals surface area contributed by atoms with E-state index in [1.165, 1.54) is 96.2 Å². The Bertz CT molecular complexity index is 175. The van der Waals surface area contributed by atoms with E-state index in [0.29, 0.717) is 0 Å². The van der Waals surface area contributed by atoms with Crippen LogP contribution in [0.15, 0.2) is 12.2 Å². The molecule has 0 atom stereocenters. The van der Waals surface area contributed by atoms with Gasteiger partial charge in [-0.1, -0.05) is 89.6 Å². The highest BCUT2D eigenvalue weighted by molar-refractivity contribution is 6.08. The van der Waals surface area contributed by atoms with E-state index in [1.54, 1.807) is 0 Å². The minimum Gasteiger partial charge on any atom is -0.0885 e. The highest BCUT2D eigenvalue weighted by Crippen LogP contribution is 2.10. The van der Waals surface area contributed by atoms with Crippen molar-refractivity contribution in [3.05, 3.63) is 12.2 Å². The fourth-order valence-electron chi connectivity index (χ4n) is 2.50. The van der Waals surface area contributed by atoms with Crippen LogP contribution >= 0.6 is 0 Å². The van der Waals surface area contributed by atoms with Gasteiger partial charge < -0.3 is 0 Å². The predicted molar refractivity (Wildman–Crippen MR) is 92.8 cm³/mol. The third kappa shape index (κ3) is 17.8. The maximum Gasteiger partial charge on any atom is 0.101 e. The average molecular weight is 264 g/mol. The van der Waals surface area contributed by atoms with Crippen LogP contribution < -0.4 is 0 Å². The first kappa shape index (κ1) is 18.8. The molecule has 0 radical (unpaired) electrons. The summed E-state index contributed by atoms with van der Waals surface area (Å²) in [5.74, 6) is 0. The Balaban J connectivity index is 3.01. The molecule has 0 aromatic rings. The van der Waals surface area contributed by atoms with Crippen LogP contribution in [0.3, 0.4) is 0 Å². The van der Waals surface area contributed by atoms with Gasteiger partial charge in [-0.2, -0.15) is 0 Å².